The number of methoxy groups -OCH3 is 1. The number of sulfone groups is 1. The van der Waals surface area contributed by atoms with Crippen molar-refractivity contribution in [2.45, 2.75) is 22.6 Å². The van der Waals surface area contributed by atoms with Crippen LogP contribution in [0.1, 0.15) is 5.56 Å². The first-order valence-corrected chi connectivity index (χ1v) is 12.3. The van der Waals surface area contributed by atoms with E-state index in [0.29, 0.717) is 16.5 Å². The Hall–Kier alpha value is -2.27. The SMILES string of the molecule is COc1ccc(S(=O)(=O)C2CNC(SCC(=O)Nc3ccc(C)c(Cl)c3)NC2=O)cc1. The zero-order valence-corrected chi connectivity index (χ0v) is 19.2. The molecule has 1 aliphatic heterocycles. The number of ether oxygens (including phenoxy) is 1. The maximum Gasteiger partial charge on any atom is 0.241 e. The van der Waals surface area contributed by atoms with Crippen molar-refractivity contribution in [1.82, 2.24) is 10.6 Å². The van der Waals surface area contributed by atoms with Crippen LogP contribution in [-0.2, 0) is 19.4 Å². The van der Waals surface area contributed by atoms with E-state index in [1.165, 1.54) is 31.4 Å². The second kappa shape index (κ2) is 9.90. The van der Waals surface area contributed by atoms with Crippen LogP contribution in [-0.4, -0.2) is 50.4 Å². The first-order chi connectivity index (χ1) is 14.7. The number of carbonyl (C=O) groups is 2. The zero-order valence-electron chi connectivity index (χ0n) is 16.8. The number of halogens is 1. The molecule has 1 heterocycles. The number of aryl methyl sites for hydroxylation is 1. The summed E-state index contributed by atoms with van der Waals surface area (Å²) in [5, 5.41) is 7.59. The van der Waals surface area contributed by atoms with Gasteiger partial charge < -0.3 is 15.4 Å². The standard InChI is InChI=1S/C20H22ClN3O5S2/c1-12-3-4-13(9-16(12)21)23-18(25)11-30-20-22-10-17(19(26)24-20)31(27,28)15-7-5-14(29-2)6-8-15/h3-9,17,20,22H,10-11H2,1-2H3,(H,23,25)(H,24,26). The van der Waals surface area contributed by atoms with Gasteiger partial charge in [0.25, 0.3) is 0 Å². The Labute approximate surface area is 190 Å². The van der Waals surface area contributed by atoms with Crippen LogP contribution >= 0.6 is 23.4 Å². The van der Waals surface area contributed by atoms with E-state index in [0.717, 1.165) is 17.3 Å². The summed E-state index contributed by atoms with van der Waals surface area (Å²) in [5.74, 6) is -0.307. The van der Waals surface area contributed by atoms with E-state index in [4.69, 9.17) is 16.3 Å². The fourth-order valence-corrected chi connectivity index (χ4v) is 5.38. The second-order valence-electron chi connectivity index (χ2n) is 6.83. The predicted octanol–water partition coefficient (Wildman–Crippen LogP) is 2.17. The summed E-state index contributed by atoms with van der Waals surface area (Å²) in [6.07, 6.45) is 0. The number of amides is 2. The number of rotatable bonds is 7. The van der Waals surface area contributed by atoms with E-state index in [1.54, 1.807) is 18.2 Å². The molecule has 11 heteroatoms. The van der Waals surface area contributed by atoms with Gasteiger partial charge >= 0.3 is 0 Å². The topological polar surface area (TPSA) is 114 Å². The fraction of sp³-hybridized carbons (Fsp3) is 0.300. The molecule has 0 aromatic heterocycles. The largest absolute Gasteiger partial charge is 0.497 e. The minimum absolute atomic E-state index is 0.0393. The molecule has 3 N–H and O–H groups in total. The molecule has 0 aliphatic carbocycles. The summed E-state index contributed by atoms with van der Waals surface area (Å²) in [6.45, 7) is 1.80. The van der Waals surface area contributed by atoms with E-state index in [9.17, 15) is 18.0 Å². The molecule has 1 aliphatic rings. The average molecular weight is 484 g/mol. The van der Waals surface area contributed by atoms with E-state index >= 15 is 0 Å². The Balaban J connectivity index is 1.54. The van der Waals surface area contributed by atoms with Crippen molar-refractivity contribution in [1.29, 1.82) is 0 Å². The average Bonchev–Trinajstić information content (AvgIpc) is 2.75. The first kappa shape index (κ1) is 23.4. The van der Waals surface area contributed by atoms with Crippen molar-refractivity contribution in [3.05, 3.63) is 53.1 Å². The van der Waals surface area contributed by atoms with Gasteiger partial charge in [-0.3, -0.25) is 14.9 Å². The van der Waals surface area contributed by atoms with Crippen LogP contribution < -0.4 is 20.7 Å². The van der Waals surface area contributed by atoms with Gasteiger partial charge in [-0.15, -0.1) is 11.8 Å². The maximum atomic E-state index is 12.8. The molecule has 3 rings (SSSR count). The number of anilines is 1. The summed E-state index contributed by atoms with van der Waals surface area (Å²) >= 11 is 7.20. The number of thioether (sulfide) groups is 1. The van der Waals surface area contributed by atoms with Crippen molar-refractivity contribution in [2.75, 3.05) is 24.7 Å². The van der Waals surface area contributed by atoms with Gasteiger partial charge in [-0.05, 0) is 48.9 Å². The third kappa shape index (κ3) is 5.70. The lowest BCUT2D eigenvalue weighted by Crippen LogP contribution is -2.59. The lowest BCUT2D eigenvalue weighted by atomic mass is 10.2. The molecule has 2 atom stereocenters. The summed E-state index contributed by atoms with van der Waals surface area (Å²) in [5.41, 5.74) is 0.900. The molecule has 8 nitrogen and oxygen atoms in total. The number of carbonyl (C=O) groups excluding carboxylic acids is 2. The van der Waals surface area contributed by atoms with Gasteiger partial charge in [-0.2, -0.15) is 0 Å². The lowest BCUT2D eigenvalue weighted by Gasteiger charge is -2.29. The maximum absolute atomic E-state index is 12.8. The van der Waals surface area contributed by atoms with Gasteiger partial charge in [-0.1, -0.05) is 17.7 Å². The molecule has 2 amide bonds. The van der Waals surface area contributed by atoms with Crippen LogP contribution in [0.25, 0.3) is 0 Å². The Kier molecular flexibility index (Phi) is 7.47. The molecule has 31 heavy (non-hydrogen) atoms. The van der Waals surface area contributed by atoms with Crippen LogP contribution in [0.3, 0.4) is 0 Å². The summed E-state index contributed by atoms with van der Waals surface area (Å²) < 4.78 is 30.6. The molecule has 2 aromatic rings. The van der Waals surface area contributed by atoms with E-state index in [2.05, 4.69) is 16.0 Å². The predicted molar refractivity (Wildman–Crippen MR) is 121 cm³/mol. The van der Waals surface area contributed by atoms with Gasteiger partial charge in [0.2, 0.25) is 11.8 Å². The van der Waals surface area contributed by atoms with Crippen LogP contribution in [0.15, 0.2) is 47.4 Å². The molecule has 1 saturated heterocycles. The minimum Gasteiger partial charge on any atom is -0.497 e. The Morgan fingerprint density at radius 3 is 2.58 bits per heavy atom. The Morgan fingerprint density at radius 2 is 1.97 bits per heavy atom. The quantitative estimate of drug-likeness (QED) is 0.553. The highest BCUT2D eigenvalue weighted by Crippen LogP contribution is 2.23. The normalized spacial score (nSPS) is 18.9. The number of hydrogen-bond donors (Lipinski definition) is 3. The molecule has 0 radical (unpaired) electrons. The number of benzene rings is 2. The summed E-state index contributed by atoms with van der Waals surface area (Å²) in [6, 6.07) is 11.1. The highest BCUT2D eigenvalue weighted by Gasteiger charge is 2.38. The van der Waals surface area contributed by atoms with Crippen molar-refractivity contribution in [2.24, 2.45) is 0 Å². The molecular formula is C20H22ClN3O5S2. The van der Waals surface area contributed by atoms with Crippen LogP contribution in [0.5, 0.6) is 5.75 Å². The smallest absolute Gasteiger partial charge is 0.241 e. The second-order valence-corrected chi connectivity index (χ2v) is 10.5. The monoisotopic (exact) mass is 483 g/mol. The molecular weight excluding hydrogens is 462 g/mol. The first-order valence-electron chi connectivity index (χ1n) is 9.30. The molecule has 2 unspecified atom stereocenters. The lowest BCUT2D eigenvalue weighted by molar-refractivity contribution is -0.122. The van der Waals surface area contributed by atoms with Crippen molar-refractivity contribution >= 4 is 50.7 Å². The third-order valence-electron chi connectivity index (χ3n) is 4.65. The van der Waals surface area contributed by atoms with Gasteiger partial charge in [-0.25, -0.2) is 8.42 Å². The highest BCUT2D eigenvalue weighted by molar-refractivity contribution is 8.00. The number of nitrogens with one attached hydrogen (secondary N) is 3. The molecule has 0 spiro atoms. The fourth-order valence-electron chi connectivity index (χ4n) is 2.89. The van der Waals surface area contributed by atoms with Crippen LogP contribution in [0.4, 0.5) is 5.69 Å². The Morgan fingerprint density at radius 1 is 1.26 bits per heavy atom. The van der Waals surface area contributed by atoms with Crippen molar-refractivity contribution in [3.63, 3.8) is 0 Å². The van der Waals surface area contributed by atoms with Gasteiger partial charge in [0.15, 0.2) is 15.1 Å². The van der Waals surface area contributed by atoms with E-state index in [1.807, 2.05) is 6.92 Å². The van der Waals surface area contributed by atoms with Crippen molar-refractivity contribution < 1.29 is 22.7 Å². The molecule has 1 fully saturated rings. The third-order valence-corrected chi connectivity index (χ3v) is 8.17. The van der Waals surface area contributed by atoms with E-state index in [-0.39, 0.29) is 23.1 Å². The zero-order chi connectivity index (χ0) is 22.6. The molecule has 0 saturated carbocycles. The summed E-state index contributed by atoms with van der Waals surface area (Å²) in [4.78, 5) is 24.7. The number of hydrogen-bond acceptors (Lipinski definition) is 7. The van der Waals surface area contributed by atoms with Crippen LogP contribution in [0, 0.1) is 6.92 Å². The Bertz CT molecular complexity index is 1080. The van der Waals surface area contributed by atoms with E-state index < -0.39 is 26.5 Å². The summed E-state index contributed by atoms with van der Waals surface area (Å²) in [7, 11) is -2.39. The molecule has 166 valence electrons. The van der Waals surface area contributed by atoms with Crippen molar-refractivity contribution in [3.8, 4) is 5.75 Å². The highest BCUT2D eigenvalue weighted by atomic mass is 35.5. The van der Waals surface area contributed by atoms with Crippen LogP contribution in [0.2, 0.25) is 5.02 Å². The molecule has 0 bridgehead atoms. The minimum atomic E-state index is -3.87. The molecule has 2 aromatic carbocycles. The van der Waals surface area contributed by atoms with Gasteiger partial charge in [0.05, 0.1) is 17.8 Å². The van der Waals surface area contributed by atoms with Gasteiger partial charge in [0.1, 0.15) is 11.2 Å². The van der Waals surface area contributed by atoms with Gasteiger partial charge in [0, 0.05) is 17.3 Å².